The van der Waals surface area contributed by atoms with E-state index in [2.05, 4.69) is 0 Å². The predicted molar refractivity (Wildman–Crippen MR) is 41.0 cm³/mol. The Morgan fingerprint density at radius 2 is 2.00 bits per heavy atom. The second-order valence-electron chi connectivity index (χ2n) is 2.21. The van der Waals surface area contributed by atoms with Crippen molar-refractivity contribution in [2.45, 2.75) is 5.38 Å². The highest BCUT2D eigenvalue weighted by Crippen LogP contribution is 2.19. The largest absolute Gasteiger partial charge is 0.301 e. The maximum atomic E-state index is 12.5. The Hall–Kier alpha value is -0.960. The normalized spacial score (nSPS) is 12.6. The van der Waals surface area contributed by atoms with Crippen molar-refractivity contribution >= 4 is 17.9 Å². The number of benzene rings is 1. The first-order chi connectivity index (χ1) is 5.65. The topological polar surface area (TPSA) is 17.1 Å². The van der Waals surface area contributed by atoms with Crippen molar-refractivity contribution in [3.8, 4) is 0 Å². The Labute approximate surface area is 73.0 Å². The Morgan fingerprint density at radius 1 is 1.33 bits per heavy atom. The molecule has 1 nitrogen and oxygen atoms in total. The second-order valence-corrected chi connectivity index (χ2v) is 2.68. The number of alkyl halides is 1. The minimum atomic E-state index is -1.000. The molecular formula is C8H5ClF2O. The zero-order valence-electron chi connectivity index (χ0n) is 5.93. The molecule has 0 aliphatic carbocycles. The van der Waals surface area contributed by atoms with Gasteiger partial charge in [-0.05, 0) is 17.7 Å². The summed E-state index contributed by atoms with van der Waals surface area (Å²) in [5.74, 6) is -1.95. The second kappa shape index (κ2) is 3.63. The van der Waals surface area contributed by atoms with Crippen molar-refractivity contribution in [3.05, 3.63) is 35.4 Å². The molecular weight excluding hydrogens is 186 g/mol. The van der Waals surface area contributed by atoms with Crippen molar-refractivity contribution in [3.63, 3.8) is 0 Å². The molecule has 0 aromatic heterocycles. The third-order valence-corrected chi connectivity index (χ3v) is 1.74. The maximum Gasteiger partial charge on any atom is 0.159 e. The maximum absolute atomic E-state index is 12.5. The van der Waals surface area contributed by atoms with Crippen LogP contribution in [0.4, 0.5) is 8.78 Å². The summed E-state index contributed by atoms with van der Waals surface area (Å²) in [6.07, 6.45) is 0.453. The Morgan fingerprint density at radius 3 is 2.50 bits per heavy atom. The minimum absolute atomic E-state index is 0.255. The van der Waals surface area contributed by atoms with E-state index in [0.717, 1.165) is 12.1 Å². The molecule has 0 fully saturated rings. The number of hydrogen-bond acceptors (Lipinski definition) is 1. The molecule has 0 bridgehead atoms. The summed E-state index contributed by atoms with van der Waals surface area (Å²) in [5, 5.41) is -0.917. The van der Waals surface area contributed by atoms with E-state index in [4.69, 9.17) is 11.6 Å². The van der Waals surface area contributed by atoms with Gasteiger partial charge in [-0.25, -0.2) is 8.78 Å². The van der Waals surface area contributed by atoms with E-state index in [1.165, 1.54) is 6.07 Å². The molecule has 0 spiro atoms. The molecule has 0 heterocycles. The highest BCUT2D eigenvalue weighted by molar-refractivity contribution is 6.27. The molecule has 12 heavy (non-hydrogen) atoms. The van der Waals surface area contributed by atoms with Crippen LogP contribution in [0.1, 0.15) is 10.9 Å². The van der Waals surface area contributed by atoms with Gasteiger partial charge in [-0.15, -0.1) is 11.6 Å². The van der Waals surface area contributed by atoms with E-state index < -0.39 is 17.0 Å². The Bertz CT molecular complexity index is 301. The van der Waals surface area contributed by atoms with E-state index in [9.17, 15) is 13.6 Å². The van der Waals surface area contributed by atoms with E-state index in [1.807, 2.05) is 0 Å². The van der Waals surface area contributed by atoms with Crippen LogP contribution in [0.25, 0.3) is 0 Å². The van der Waals surface area contributed by atoms with Gasteiger partial charge in [-0.1, -0.05) is 6.07 Å². The molecule has 0 saturated carbocycles. The minimum Gasteiger partial charge on any atom is -0.301 e. The summed E-state index contributed by atoms with van der Waals surface area (Å²) in [7, 11) is 0. The predicted octanol–water partition coefficient (Wildman–Crippen LogP) is 2.44. The van der Waals surface area contributed by atoms with Crippen LogP contribution >= 0.6 is 11.6 Å². The molecule has 0 amide bonds. The first kappa shape index (κ1) is 9.13. The lowest BCUT2D eigenvalue weighted by molar-refractivity contribution is -0.107. The van der Waals surface area contributed by atoms with E-state index >= 15 is 0 Å². The first-order valence-electron chi connectivity index (χ1n) is 3.19. The summed E-state index contributed by atoms with van der Waals surface area (Å²) in [4.78, 5) is 10.2. The fraction of sp³-hybridized carbons (Fsp3) is 0.125. The third kappa shape index (κ3) is 1.80. The Balaban J connectivity index is 3.04. The molecule has 0 N–H and O–H groups in total. The van der Waals surface area contributed by atoms with Crippen LogP contribution < -0.4 is 0 Å². The fourth-order valence-electron chi connectivity index (χ4n) is 0.762. The van der Waals surface area contributed by atoms with Gasteiger partial charge in [0.1, 0.15) is 11.7 Å². The van der Waals surface area contributed by atoms with Gasteiger partial charge >= 0.3 is 0 Å². The highest BCUT2D eigenvalue weighted by atomic mass is 35.5. The number of carbonyl (C=O) groups is 1. The van der Waals surface area contributed by atoms with E-state index in [1.54, 1.807) is 0 Å². The lowest BCUT2D eigenvalue weighted by Gasteiger charge is -2.01. The average molecular weight is 191 g/mol. The van der Waals surface area contributed by atoms with Crippen molar-refractivity contribution in [1.82, 2.24) is 0 Å². The molecule has 64 valence electrons. The zero-order valence-corrected chi connectivity index (χ0v) is 6.68. The smallest absolute Gasteiger partial charge is 0.159 e. The van der Waals surface area contributed by atoms with Crippen LogP contribution in [-0.2, 0) is 4.79 Å². The van der Waals surface area contributed by atoms with E-state index in [0.29, 0.717) is 6.29 Å². The van der Waals surface area contributed by atoms with Crippen LogP contribution in [0, 0.1) is 11.6 Å². The van der Waals surface area contributed by atoms with E-state index in [-0.39, 0.29) is 5.56 Å². The SMILES string of the molecule is O=CC(Cl)c1ccc(F)c(F)c1. The lowest BCUT2D eigenvalue weighted by atomic mass is 10.1. The molecule has 4 heteroatoms. The number of aldehydes is 1. The summed E-state index contributed by atoms with van der Waals surface area (Å²) in [6.45, 7) is 0. The molecule has 0 saturated heterocycles. The number of halogens is 3. The first-order valence-corrected chi connectivity index (χ1v) is 3.63. The van der Waals surface area contributed by atoms with Crippen molar-refractivity contribution in [1.29, 1.82) is 0 Å². The monoisotopic (exact) mass is 190 g/mol. The van der Waals surface area contributed by atoms with Gasteiger partial charge in [-0.2, -0.15) is 0 Å². The van der Waals surface area contributed by atoms with Crippen LogP contribution in [0.2, 0.25) is 0 Å². The number of carbonyl (C=O) groups excluding carboxylic acids is 1. The third-order valence-electron chi connectivity index (χ3n) is 1.38. The lowest BCUT2D eigenvalue weighted by Crippen LogP contribution is -1.93. The van der Waals surface area contributed by atoms with Gasteiger partial charge in [0.15, 0.2) is 11.6 Å². The van der Waals surface area contributed by atoms with Crippen molar-refractivity contribution in [2.75, 3.05) is 0 Å². The van der Waals surface area contributed by atoms with Gasteiger partial charge in [0, 0.05) is 0 Å². The summed E-state index contributed by atoms with van der Waals surface area (Å²) < 4.78 is 24.9. The molecule has 0 aliphatic heterocycles. The summed E-state index contributed by atoms with van der Waals surface area (Å²) in [5.41, 5.74) is 0.255. The summed E-state index contributed by atoms with van der Waals surface area (Å²) in [6, 6.07) is 3.11. The van der Waals surface area contributed by atoms with Crippen LogP contribution in [-0.4, -0.2) is 6.29 Å². The van der Waals surface area contributed by atoms with Gasteiger partial charge in [0.25, 0.3) is 0 Å². The van der Waals surface area contributed by atoms with Crippen molar-refractivity contribution < 1.29 is 13.6 Å². The zero-order chi connectivity index (χ0) is 9.14. The van der Waals surface area contributed by atoms with Gasteiger partial charge in [-0.3, -0.25) is 0 Å². The van der Waals surface area contributed by atoms with Crippen LogP contribution in [0.15, 0.2) is 18.2 Å². The van der Waals surface area contributed by atoms with Gasteiger partial charge < -0.3 is 4.79 Å². The molecule has 1 aromatic carbocycles. The quantitative estimate of drug-likeness (QED) is 0.517. The Kier molecular flexibility index (Phi) is 2.76. The standard InChI is InChI=1S/C8H5ClF2O/c9-6(4-12)5-1-2-7(10)8(11)3-5/h1-4,6H. The molecule has 1 rings (SSSR count). The number of hydrogen-bond donors (Lipinski definition) is 0. The van der Waals surface area contributed by atoms with Crippen LogP contribution in [0.3, 0.4) is 0 Å². The molecule has 1 unspecified atom stereocenters. The molecule has 1 atom stereocenters. The average Bonchev–Trinajstić information content (AvgIpc) is 2.08. The highest BCUT2D eigenvalue weighted by Gasteiger charge is 2.09. The van der Waals surface area contributed by atoms with Crippen LogP contribution in [0.5, 0.6) is 0 Å². The number of rotatable bonds is 2. The molecule has 0 radical (unpaired) electrons. The van der Waals surface area contributed by atoms with Gasteiger partial charge in [0.05, 0.1) is 0 Å². The van der Waals surface area contributed by atoms with Gasteiger partial charge in [0.2, 0.25) is 0 Å². The summed E-state index contributed by atoms with van der Waals surface area (Å²) >= 11 is 5.46. The fourth-order valence-corrected chi connectivity index (χ4v) is 0.898. The molecule has 1 aromatic rings. The van der Waals surface area contributed by atoms with Crippen molar-refractivity contribution in [2.24, 2.45) is 0 Å². The molecule has 0 aliphatic rings.